The van der Waals surface area contributed by atoms with Gasteiger partial charge in [-0.1, -0.05) is 26.0 Å². The zero-order valence-corrected chi connectivity index (χ0v) is 9.15. The quantitative estimate of drug-likeness (QED) is 0.721. The Bertz CT molecular complexity index is 336. The minimum atomic E-state index is -4.68. The predicted octanol–water partition coefficient (Wildman–Crippen LogP) is 3.44. The highest BCUT2D eigenvalue weighted by Gasteiger charge is 2.46. The Hall–Kier alpha value is -0.680. The van der Waals surface area contributed by atoms with Crippen molar-refractivity contribution in [2.75, 3.05) is 0 Å². The summed E-state index contributed by atoms with van der Waals surface area (Å²) in [6, 6.07) is 5.79. The highest BCUT2D eigenvalue weighted by atomic mass is 32.2. The van der Waals surface area contributed by atoms with E-state index in [1.807, 2.05) is 13.8 Å². The number of hydrogen-bond acceptors (Lipinski definition) is 1. The highest BCUT2D eigenvalue weighted by Crippen LogP contribution is 2.31. The fourth-order valence-electron chi connectivity index (χ4n) is 1.12. The maximum atomic E-state index is 12.2. The van der Waals surface area contributed by atoms with Crippen molar-refractivity contribution in [1.29, 1.82) is 0 Å². The second-order valence-corrected chi connectivity index (χ2v) is 4.91. The van der Waals surface area contributed by atoms with Gasteiger partial charge in [-0.15, -0.1) is 13.2 Å². The van der Waals surface area contributed by atoms with Crippen LogP contribution in [-0.2, 0) is 11.2 Å². The summed E-state index contributed by atoms with van der Waals surface area (Å²) < 4.78 is 47.5. The number of rotatable bonds is 2. The van der Waals surface area contributed by atoms with Crippen molar-refractivity contribution in [2.45, 2.75) is 30.2 Å². The summed E-state index contributed by atoms with van der Waals surface area (Å²) >= 11 is -2.93. The largest absolute Gasteiger partial charge is 0.604 e. The first-order valence-electron chi connectivity index (χ1n) is 4.41. The highest BCUT2D eigenvalue weighted by molar-refractivity contribution is 7.92. The van der Waals surface area contributed by atoms with E-state index in [-0.39, 0.29) is 10.8 Å². The smallest absolute Gasteiger partial charge is 0.578 e. The van der Waals surface area contributed by atoms with Gasteiger partial charge in [-0.2, -0.15) is 0 Å². The van der Waals surface area contributed by atoms with Crippen molar-refractivity contribution < 1.29 is 17.7 Å². The molecule has 1 atom stereocenters. The molecule has 0 amide bonds. The first-order valence-corrected chi connectivity index (χ1v) is 5.56. The second-order valence-electron chi connectivity index (χ2n) is 3.44. The standard InChI is InChI=1S/C10H11F3OS/c1-7(2)8-4-3-5-9(6-8)15(14)10(11,12)13/h3-7H,1-2H3. The predicted molar refractivity (Wildman–Crippen MR) is 53.0 cm³/mol. The average molecular weight is 236 g/mol. The van der Waals surface area contributed by atoms with Crippen LogP contribution in [0.25, 0.3) is 0 Å². The number of alkyl halides is 3. The second kappa shape index (κ2) is 4.45. The number of hydrogen-bond donors (Lipinski definition) is 0. The molecule has 0 aliphatic carbocycles. The van der Waals surface area contributed by atoms with Gasteiger partial charge in [-0.05, 0) is 23.6 Å². The van der Waals surface area contributed by atoms with Crippen LogP contribution in [0.3, 0.4) is 0 Å². The Labute approximate surface area is 89.5 Å². The topological polar surface area (TPSA) is 23.1 Å². The fourth-order valence-corrected chi connectivity index (χ4v) is 1.84. The van der Waals surface area contributed by atoms with E-state index >= 15 is 0 Å². The van der Waals surface area contributed by atoms with E-state index < -0.39 is 16.7 Å². The zero-order chi connectivity index (χ0) is 11.6. The summed E-state index contributed by atoms with van der Waals surface area (Å²) in [4.78, 5) is -0.186. The Morgan fingerprint density at radius 3 is 2.33 bits per heavy atom. The lowest BCUT2D eigenvalue weighted by Gasteiger charge is -2.13. The first-order chi connectivity index (χ1) is 6.82. The zero-order valence-electron chi connectivity index (χ0n) is 8.34. The Morgan fingerprint density at radius 2 is 1.87 bits per heavy atom. The van der Waals surface area contributed by atoms with Gasteiger partial charge in [0, 0.05) is 0 Å². The van der Waals surface area contributed by atoms with Crippen LogP contribution >= 0.6 is 0 Å². The molecule has 1 rings (SSSR count). The van der Waals surface area contributed by atoms with Gasteiger partial charge in [0.2, 0.25) is 0 Å². The molecule has 84 valence electrons. The minimum absolute atomic E-state index is 0.121. The van der Waals surface area contributed by atoms with Gasteiger partial charge in [-0.3, -0.25) is 0 Å². The van der Waals surface area contributed by atoms with Crippen molar-refractivity contribution in [3.8, 4) is 0 Å². The van der Waals surface area contributed by atoms with E-state index in [1.165, 1.54) is 18.2 Å². The molecule has 0 N–H and O–H groups in total. The first kappa shape index (κ1) is 12.4. The monoisotopic (exact) mass is 236 g/mol. The third kappa shape index (κ3) is 3.14. The lowest BCUT2D eigenvalue weighted by Crippen LogP contribution is -2.23. The van der Waals surface area contributed by atoms with E-state index in [0.29, 0.717) is 0 Å². The van der Waals surface area contributed by atoms with Crippen LogP contribution in [0.2, 0.25) is 0 Å². The van der Waals surface area contributed by atoms with Crippen LogP contribution < -0.4 is 0 Å². The molecule has 0 aliphatic rings. The molecule has 1 aromatic carbocycles. The van der Waals surface area contributed by atoms with Gasteiger partial charge in [0.1, 0.15) is 0 Å². The van der Waals surface area contributed by atoms with Crippen LogP contribution in [0.1, 0.15) is 25.3 Å². The van der Waals surface area contributed by atoms with E-state index in [0.717, 1.165) is 5.56 Å². The molecule has 0 aromatic heterocycles. The molecule has 0 spiro atoms. The van der Waals surface area contributed by atoms with Gasteiger partial charge in [0.05, 0.1) is 11.2 Å². The van der Waals surface area contributed by atoms with Crippen LogP contribution in [0.4, 0.5) is 13.2 Å². The van der Waals surface area contributed by atoms with Crippen molar-refractivity contribution in [2.24, 2.45) is 0 Å². The van der Waals surface area contributed by atoms with E-state index in [4.69, 9.17) is 0 Å². The van der Waals surface area contributed by atoms with E-state index in [9.17, 15) is 17.7 Å². The molecule has 0 saturated carbocycles. The fraction of sp³-hybridized carbons (Fsp3) is 0.400. The van der Waals surface area contributed by atoms with Gasteiger partial charge in [0.15, 0.2) is 4.90 Å². The van der Waals surface area contributed by atoms with Gasteiger partial charge in [0.25, 0.3) is 0 Å². The summed E-state index contributed by atoms with van der Waals surface area (Å²) in [5.74, 6) is 0.121. The summed E-state index contributed by atoms with van der Waals surface area (Å²) in [6.45, 7) is 3.74. The Kier molecular flexibility index (Phi) is 3.67. The van der Waals surface area contributed by atoms with E-state index in [2.05, 4.69) is 0 Å². The molecule has 1 aromatic rings. The minimum Gasteiger partial charge on any atom is -0.604 e. The molecular weight excluding hydrogens is 225 g/mol. The normalized spacial score (nSPS) is 14.3. The molecule has 0 bridgehead atoms. The van der Waals surface area contributed by atoms with Crippen LogP contribution in [0.5, 0.6) is 0 Å². The SMILES string of the molecule is CC(C)c1cccc([S+]([O-])C(F)(F)F)c1. The molecule has 0 fully saturated rings. The summed E-state index contributed by atoms with van der Waals surface area (Å²) in [5.41, 5.74) is -3.93. The Balaban J connectivity index is 3.00. The molecule has 0 aliphatic heterocycles. The van der Waals surface area contributed by atoms with Crippen molar-refractivity contribution in [1.82, 2.24) is 0 Å². The molecule has 1 nitrogen and oxygen atoms in total. The van der Waals surface area contributed by atoms with Crippen LogP contribution in [0.15, 0.2) is 29.2 Å². The van der Waals surface area contributed by atoms with Crippen molar-refractivity contribution in [3.63, 3.8) is 0 Å². The lowest BCUT2D eigenvalue weighted by atomic mass is 10.0. The van der Waals surface area contributed by atoms with Gasteiger partial charge in [-0.25, -0.2) is 0 Å². The van der Waals surface area contributed by atoms with E-state index in [1.54, 1.807) is 6.07 Å². The molecule has 5 heteroatoms. The molecule has 15 heavy (non-hydrogen) atoms. The molecule has 0 heterocycles. The average Bonchev–Trinajstić information content (AvgIpc) is 2.15. The maximum absolute atomic E-state index is 12.2. The van der Waals surface area contributed by atoms with Crippen LogP contribution in [-0.4, -0.2) is 10.1 Å². The molecule has 0 radical (unpaired) electrons. The molecule has 0 saturated heterocycles. The number of halogens is 3. The third-order valence-electron chi connectivity index (χ3n) is 1.95. The summed E-state index contributed by atoms with van der Waals surface area (Å²) in [5, 5.41) is 0. The third-order valence-corrected chi connectivity index (χ3v) is 3.05. The van der Waals surface area contributed by atoms with Crippen molar-refractivity contribution >= 4 is 11.2 Å². The van der Waals surface area contributed by atoms with Crippen molar-refractivity contribution in [3.05, 3.63) is 29.8 Å². The molecule has 1 unspecified atom stereocenters. The lowest BCUT2D eigenvalue weighted by molar-refractivity contribution is -0.0435. The van der Waals surface area contributed by atoms with Gasteiger partial charge >= 0.3 is 5.51 Å². The Morgan fingerprint density at radius 1 is 1.27 bits per heavy atom. The maximum Gasteiger partial charge on any atom is 0.578 e. The summed E-state index contributed by atoms with van der Waals surface area (Å²) in [6.07, 6.45) is 0. The van der Waals surface area contributed by atoms with Crippen LogP contribution in [0, 0.1) is 0 Å². The van der Waals surface area contributed by atoms with Gasteiger partial charge < -0.3 is 4.55 Å². The number of benzene rings is 1. The molecular formula is C10H11F3OS. The summed E-state index contributed by atoms with van der Waals surface area (Å²) in [7, 11) is 0.